The summed E-state index contributed by atoms with van der Waals surface area (Å²) in [6, 6.07) is 0. The van der Waals surface area contributed by atoms with Crippen LogP contribution in [0.15, 0.2) is 11.1 Å². The summed E-state index contributed by atoms with van der Waals surface area (Å²) in [5.41, 5.74) is 3.11. The molecule has 0 radical (unpaired) electrons. The van der Waals surface area contributed by atoms with Gasteiger partial charge in [0.05, 0.1) is 24.7 Å². The first kappa shape index (κ1) is 18.0. The van der Waals surface area contributed by atoms with E-state index < -0.39 is 5.60 Å². The van der Waals surface area contributed by atoms with E-state index in [4.69, 9.17) is 9.47 Å². The molecule has 3 rings (SSSR count). The van der Waals surface area contributed by atoms with Gasteiger partial charge in [0.15, 0.2) is 0 Å². The molecule has 0 bridgehead atoms. The molecule has 24 heavy (non-hydrogen) atoms. The van der Waals surface area contributed by atoms with Crippen molar-refractivity contribution < 1.29 is 14.3 Å². The van der Waals surface area contributed by atoms with Gasteiger partial charge in [0.2, 0.25) is 0 Å². The zero-order chi connectivity index (χ0) is 17.8. The number of fused-ring (bicyclic) bond motifs is 2. The molecule has 1 fully saturated rings. The highest BCUT2D eigenvalue weighted by Gasteiger charge is 2.57. The third-order valence-corrected chi connectivity index (χ3v) is 7.22. The summed E-state index contributed by atoms with van der Waals surface area (Å²) in [5, 5.41) is 0. The Labute approximate surface area is 147 Å². The van der Waals surface area contributed by atoms with E-state index in [0.29, 0.717) is 23.7 Å². The monoisotopic (exact) mass is 334 g/mol. The number of methoxy groups -OCH3 is 1. The van der Waals surface area contributed by atoms with Gasteiger partial charge in [0.25, 0.3) is 0 Å². The molecule has 0 N–H and O–H groups in total. The lowest BCUT2D eigenvalue weighted by molar-refractivity contribution is -0.156. The molecule has 0 aromatic rings. The van der Waals surface area contributed by atoms with Gasteiger partial charge in [-0.05, 0) is 63.7 Å². The molecule has 4 atom stereocenters. The average Bonchev–Trinajstić information content (AvgIpc) is 2.71. The normalized spacial score (nSPS) is 41.4. The van der Waals surface area contributed by atoms with Crippen molar-refractivity contribution >= 4 is 5.97 Å². The lowest BCUT2D eigenvalue weighted by Gasteiger charge is -2.39. The second kappa shape index (κ2) is 5.86. The molecular formula is C21H34O3. The fourth-order valence-corrected chi connectivity index (χ4v) is 5.67. The zero-order valence-corrected chi connectivity index (χ0v) is 16.3. The van der Waals surface area contributed by atoms with Crippen molar-refractivity contribution in [2.45, 2.75) is 90.8 Å². The summed E-state index contributed by atoms with van der Waals surface area (Å²) in [4.78, 5) is 11.9. The first-order valence-corrected chi connectivity index (χ1v) is 9.61. The van der Waals surface area contributed by atoms with Gasteiger partial charge in [0.1, 0.15) is 0 Å². The number of carbonyl (C=O) groups is 1. The summed E-state index contributed by atoms with van der Waals surface area (Å²) in [6.07, 6.45) is 7.48. The van der Waals surface area contributed by atoms with Gasteiger partial charge >= 0.3 is 5.97 Å². The van der Waals surface area contributed by atoms with Gasteiger partial charge in [-0.2, -0.15) is 0 Å². The van der Waals surface area contributed by atoms with Crippen LogP contribution in [0.25, 0.3) is 0 Å². The minimum Gasteiger partial charge on any atom is -0.469 e. The quantitative estimate of drug-likeness (QED) is 0.524. The smallest absolute Gasteiger partial charge is 0.308 e. The van der Waals surface area contributed by atoms with E-state index in [9.17, 15) is 4.79 Å². The highest BCUT2D eigenvalue weighted by Crippen LogP contribution is 2.58. The Balaban J connectivity index is 2.00. The van der Waals surface area contributed by atoms with Crippen LogP contribution >= 0.6 is 0 Å². The fourth-order valence-electron chi connectivity index (χ4n) is 5.67. The van der Waals surface area contributed by atoms with E-state index in [1.165, 1.54) is 39.2 Å². The molecule has 0 aromatic carbocycles. The maximum Gasteiger partial charge on any atom is 0.308 e. The average molecular weight is 335 g/mol. The number of rotatable bonds is 2. The van der Waals surface area contributed by atoms with Crippen molar-refractivity contribution in [3.63, 3.8) is 0 Å². The molecule has 1 saturated heterocycles. The van der Waals surface area contributed by atoms with E-state index in [-0.39, 0.29) is 11.6 Å². The van der Waals surface area contributed by atoms with E-state index in [2.05, 4.69) is 34.6 Å². The predicted molar refractivity (Wildman–Crippen MR) is 95.7 cm³/mol. The lowest BCUT2D eigenvalue weighted by atomic mass is 9.66. The number of hydrogen-bond donors (Lipinski definition) is 0. The van der Waals surface area contributed by atoms with Gasteiger partial charge in [0, 0.05) is 5.92 Å². The van der Waals surface area contributed by atoms with E-state index >= 15 is 0 Å². The van der Waals surface area contributed by atoms with E-state index in [1.54, 1.807) is 11.1 Å². The van der Waals surface area contributed by atoms with E-state index in [0.717, 1.165) is 6.42 Å². The molecule has 1 heterocycles. The Morgan fingerprint density at radius 1 is 1.25 bits per heavy atom. The minimum absolute atomic E-state index is 0.159. The molecule has 1 aliphatic heterocycles. The van der Waals surface area contributed by atoms with Crippen LogP contribution in [-0.2, 0) is 14.3 Å². The maximum atomic E-state index is 11.9. The van der Waals surface area contributed by atoms with Gasteiger partial charge in [-0.25, -0.2) is 0 Å². The van der Waals surface area contributed by atoms with Crippen LogP contribution in [-0.4, -0.2) is 24.3 Å². The summed E-state index contributed by atoms with van der Waals surface area (Å²) in [5.74, 6) is 0.783. The van der Waals surface area contributed by atoms with Crippen molar-refractivity contribution in [3.05, 3.63) is 11.1 Å². The van der Waals surface area contributed by atoms with Crippen molar-refractivity contribution in [2.75, 3.05) is 7.11 Å². The lowest BCUT2D eigenvalue weighted by Crippen LogP contribution is -2.41. The number of allylic oxidation sites excluding steroid dienone is 1. The topological polar surface area (TPSA) is 35.5 Å². The highest BCUT2D eigenvalue weighted by molar-refractivity contribution is 5.70. The molecule has 2 aliphatic carbocycles. The minimum atomic E-state index is -0.405. The molecule has 0 amide bonds. The van der Waals surface area contributed by atoms with Gasteiger partial charge in [-0.15, -0.1) is 0 Å². The Morgan fingerprint density at radius 2 is 1.96 bits per heavy atom. The second-order valence-electron chi connectivity index (χ2n) is 9.43. The third kappa shape index (κ3) is 2.83. The second-order valence-corrected chi connectivity index (χ2v) is 9.43. The molecule has 3 aliphatic rings. The number of ether oxygens (including phenoxy) is 2. The first-order chi connectivity index (χ1) is 11.1. The summed E-state index contributed by atoms with van der Waals surface area (Å²) in [6.45, 7) is 11.6. The largest absolute Gasteiger partial charge is 0.469 e. The Bertz CT molecular complexity index is 561. The van der Waals surface area contributed by atoms with Crippen LogP contribution in [0.1, 0.15) is 79.6 Å². The van der Waals surface area contributed by atoms with Gasteiger partial charge < -0.3 is 9.47 Å². The van der Waals surface area contributed by atoms with Crippen LogP contribution in [0.3, 0.4) is 0 Å². The standard InChI is InChI=1S/C21H34O3/c1-14-9-10-16-15(8-7-11-19(16,2)3)17-12-20(4,13-18(22)23-6)24-21(14,17)5/h14,17H,7-13H2,1-6H3. The predicted octanol–water partition coefficient (Wildman–Crippen LogP) is 5.04. The summed E-state index contributed by atoms with van der Waals surface area (Å²) in [7, 11) is 1.47. The van der Waals surface area contributed by atoms with Crippen molar-refractivity contribution in [1.29, 1.82) is 0 Å². The number of hydrogen-bond acceptors (Lipinski definition) is 3. The van der Waals surface area contributed by atoms with Gasteiger partial charge in [-0.1, -0.05) is 31.9 Å². The molecule has 0 aromatic heterocycles. The number of carbonyl (C=O) groups excluding carboxylic acids is 1. The molecule has 136 valence electrons. The van der Waals surface area contributed by atoms with Crippen LogP contribution < -0.4 is 0 Å². The van der Waals surface area contributed by atoms with Crippen molar-refractivity contribution in [2.24, 2.45) is 17.3 Å². The van der Waals surface area contributed by atoms with E-state index in [1.807, 2.05) is 0 Å². The van der Waals surface area contributed by atoms with Crippen LogP contribution in [0.4, 0.5) is 0 Å². The summed E-state index contributed by atoms with van der Waals surface area (Å²) >= 11 is 0. The highest BCUT2D eigenvalue weighted by atomic mass is 16.5. The third-order valence-electron chi connectivity index (χ3n) is 7.22. The van der Waals surface area contributed by atoms with Crippen LogP contribution in [0.2, 0.25) is 0 Å². The summed E-state index contributed by atoms with van der Waals surface area (Å²) < 4.78 is 11.6. The Kier molecular flexibility index (Phi) is 4.39. The molecule has 4 unspecified atom stereocenters. The Hall–Kier alpha value is -0.830. The molecular weight excluding hydrogens is 300 g/mol. The first-order valence-electron chi connectivity index (χ1n) is 9.61. The zero-order valence-electron chi connectivity index (χ0n) is 16.3. The van der Waals surface area contributed by atoms with Gasteiger partial charge in [-0.3, -0.25) is 4.79 Å². The molecule has 3 nitrogen and oxygen atoms in total. The van der Waals surface area contributed by atoms with Crippen LogP contribution in [0, 0.1) is 17.3 Å². The van der Waals surface area contributed by atoms with Crippen LogP contribution in [0.5, 0.6) is 0 Å². The van der Waals surface area contributed by atoms with Crippen molar-refractivity contribution in [1.82, 2.24) is 0 Å². The molecule has 0 spiro atoms. The SMILES string of the molecule is COC(=O)CC1(C)CC2C3=C(CCC(C)C2(C)O1)C(C)(C)CCC3. The van der Waals surface area contributed by atoms with Crippen molar-refractivity contribution in [3.8, 4) is 0 Å². The molecule has 0 saturated carbocycles. The Morgan fingerprint density at radius 3 is 2.62 bits per heavy atom. The maximum absolute atomic E-state index is 11.9. The molecule has 3 heteroatoms. The number of esters is 1. The fraction of sp³-hybridized carbons (Fsp3) is 0.857.